The molecule has 4 atom stereocenters. The molecular weight excluding hydrogens is 488 g/mol. The van der Waals surface area contributed by atoms with Gasteiger partial charge in [0.2, 0.25) is 0 Å². The molecule has 3 rings (SSSR count). The molecule has 5 nitrogen and oxygen atoms in total. The minimum Gasteiger partial charge on any atom is -0.461 e. The second-order valence-corrected chi connectivity index (χ2v) is 14.9. The van der Waals surface area contributed by atoms with Crippen molar-refractivity contribution >= 4 is 5.97 Å². The zero-order chi connectivity index (χ0) is 29.2. The first-order valence-corrected chi connectivity index (χ1v) is 15.0. The molecule has 0 amide bonds. The lowest BCUT2D eigenvalue weighted by atomic mass is 9.64. The average molecular weight is 543 g/mol. The molecule has 3 aliphatic rings. The molecule has 39 heavy (non-hydrogen) atoms. The Hall–Kier alpha value is -1.69. The molecule has 0 spiro atoms. The normalized spacial score (nSPS) is 32.1. The maximum absolute atomic E-state index is 12.8. The van der Waals surface area contributed by atoms with E-state index in [0.717, 1.165) is 37.7 Å². The van der Waals surface area contributed by atoms with Crippen LogP contribution in [0.5, 0.6) is 0 Å². The fourth-order valence-corrected chi connectivity index (χ4v) is 7.00. The van der Waals surface area contributed by atoms with Crippen molar-refractivity contribution < 1.29 is 24.5 Å². The summed E-state index contributed by atoms with van der Waals surface area (Å²) in [4.78, 5) is 12.8. The third-order valence-electron chi connectivity index (χ3n) is 8.82. The van der Waals surface area contributed by atoms with E-state index in [1.165, 1.54) is 18.4 Å². The van der Waals surface area contributed by atoms with Gasteiger partial charge in [-0.1, -0.05) is 91.3 Å². The van der Waals surface area contributed by atoms with Gasteiger partial charge in [-0.3, -0.25) is 0 Å². The van der Waals surface area contributed by atoms with Crippen LogP contribution >= 0.6 is 0 Å². The summed E-state index contributed by atoms with van der Waals surface area (Å²) in [7, 11) is 0. The topological polar surface area (TPSA) is 76.0 Å². The highest BCUT2D eigenvalue weighted by Gasteiger charge is 2.44. The maximum Gasteiger partial charge on any atom is 0.332 e. The summed E-state index contributed by atoms with van der Waals surface area (Å²) in [5.74, 6) is -1.63. The smallest absolute Gasteiger partial charge is 0.332 e. The molecule has 0 aromatic rings. The van der Waals surface area contributed by atoms with Gasteiger partial charge < -0.3 is 19.7 Å². The third-order valence-corrected chi connectivity index (χ3v) is 8.82. The quantitative estimate of drug-likeness (QED) is 0.188. The predicted molar refractivity (Wildman–Crippen MR) is 158 cm³/mol. The first-order valence-electron chi connectivity index (χ1n) is 15.0. The van der Waals surface area contributed by atoms with Gasteiger partial charge in [0.15, 0.2) is 5.79 Å². The number of fused-ring (bicyclic) bond motifs is 1. The van der Waals surface area contributed by atoms with Crippen molar-refractivity contribution in [2.24, 2.45) is 22.2 Å². The van der Waals surface area contributed by atoms with Gasteiger partial charge in [0.05, 0.1) is 6.10 Å². The summed E-state index contributed by atoms with van der Waals surface area (Å²) in [6.45, 7) is 21.2. The predicted octanol–water partition coefficient (Wildman–Crippen LogP) is 7.59. The summed E-state index contributed by atoms with van der Waals surface area (Å²) >= 11 is 0. The van der Waals surface area contributed by atoms with Crippen LogP contribution < -0.4 is 0 Å². The van der Waals surface area contributed by atoms with E-state index in [1.807, 2.05) is 6.08 Å². The Labute approximate surface area is 237 Å². The Morgan fingerprint density at radius 3 is 2.41 bits per heavy atom. The lowest BCUT2D eigenvalue weighted by molar-refractivity contribution is -0.227. The number of carbonyl (C=O) groups excluding carboxylic acids is 1. The molecule has 2 N–H and O–H groups in total. The van der Waals surface area contributed by atoms with Crippen molar-refractivity contribution in [1.82, 2.24) is 0 Å². The molecular formula is C34H54O5. The molecule has 5 heteroatoms. The van der Waals surface area contributed by atoms with Crippen molar-refractivity contribution in [2.75, 3.05) is 6.61 Å². The molecule has 0 heterocycles. The largest absolute Gasteiger partial charge is 0.461 e. The number of esters is 1. The van der Waals surface area contributed by atoms with Crippen molar-refractivity contribution in [3.8, 4) is 0 Å². The molecule has 2 saturated carbocycles. The molecule has 2 fully saturated rings. The number of hydrogen-bond acceptors (Lipinski definition) is 5. The number of aliphatic hydroxyl groups is 2. The summed E-state index contributed by atoms with van der Waals surface area (Å²) in [5, 5.41) is 22.0. The highest BCUT2D eigenvalue weighted by atomic mass is 16.6. The van der Waals surface area contributed by atoms with Crippen LogP contribution in [0.3, 0.4) is 0 Å². The molecule has 0 aromatic heterocycles. The van der Waals surface area contributed by atoms with Crippen molar-refractivity contribution in [2.45, 2.75) is 131 Å². The first kappa shape index (κ1) is 31.8. The van der Waals surface area contributed by atoms with Crippen LogP contribution in [-0.4, -0.2) is 40.8 Å². The van der Waals surface area contributed by atoms with Gasteiger partial charge in [-0.05, 0) is 78.3 Å². The van der Waals surface area contributed by atoms with Crippen LogP contribution in [-0.2, 0) is 14.3 Å². The summed E-state index contributed by atoms with van der Waals surface area (Å²) in [6.07, 6.45) is 12.8. The molecule has 0 saturated heterocycles. The zero-order valence-electron chi connectivity index (χ0n) is 25.9. The van der Waals surface area contributed by atoms with Crippen LogP contribution in [0.25, 0.3) is 0 Å². The zero-order valence-corrected chi connectivity index (χ0v) is 25.9. The van der Waals surface area contributed by atoms with E-state index in [4.69, 9.17) is 9.47 Å². The van der Waals surface area contributed by atoms with E-state index in [9.17, 15) is 15.0 Å². The van der Waals surface area contributed by atoms with Crippen molar-refractivity contribution in [3.05, 3.63) is 47.1 Å². The maximum atomic E-state index is 12.8. The first-order chi connectivity index (χ1) is 17.9. The van der Waals surface area contributed by atoms with Crippen LogP contribution in [0.4, 0.5) is 0 Å². The lowest BCUT2D eigenvalue weighted by Crippen LogP contribution is -2.43. The Balaban J connectivity index is 1.68. The molecule has 0 radical (unpaired) electrons. The van der Waals surface area contributed by atoms with Crippen molar-refractivity contribution in [3.63, 3.8) is 0 Å². The van der Waals surface area contributed by atoms with E-state index < -0.39 is 17.9 Å². The molecule has 0 aliphatic heterocycles. The van der Waals surface area contributed by atoms with E-state index in [2.05, 4.69) is 74.1 Å². The molecule has 0 bridgehead atoms. The second-order valence-electron chi connectivity index (χ2n) is 14.9. The minimum atomic E-state index is -1.65. The second kappa shape index (κ2) is 12.0. The fraction of sp³-hybridized carbons (Fsp3) is 0.735. The van der Waals surface area contributed by atoms with Crippen LogP contribution in [0.15, 0.2) is 47.1 Å². The van der Waals surface area contributed by atoms with Crippen LogP contribution in [0.2, 0.25) is 0 Å². The van der Waals surface area contributed by atoms with Gasteiger partial charge in [0, 0.05) is 12.8 Å². The molecule has 1 unspecified atom stereocenters. The number of ether oxygens (including phenoxy) is 2. The number of aliphatic hydroxyl groups excluding tert-OH is 1. The SMILES string of the molecule is C=C1C(=CC=C2CCC[C@]3(C)C(CC)=CC[C@@H]23)C[C@](O)(OCC(=O)OC(CC(C)(C)C)CC(C)(C)C)CC1O. The van der Waals surface area contributed by atoms with E-state index in [1.54, 1.807) is 5.57 Å². The molecule has 3 aliphatic carbocycles. The van der Waals surface area contributed by atoms with Gasteiger partial charge in [-0.2, -0.15) is 0 Å². The number of hydrogen-bond donors (Lipinski definition) is 2. The van der Waals surface area contributed by atoms with Crippen LogP contribution in [0.1, 0.15) is 113 Å². The number of allylic oxidation sites excluding steroid dienone is 5. The van der Waals surface area contributed by atoms with Crippen LogP contribution in [0, 0.1) is 22.2 Å². The summed E-state index contributed by atoms with van der Waals surface area (Å²) in [5.41, 5.74) is 4.65. The molecule has 220 valence electrons. The van der Waals surface area contributed by atoms with Gasteiger partial charge >= 0.3 is 5.97 Å². The van der Waals surface area contributed by atoms with Gasteiger partial charge in [0.25, 0.3) is 0 Å². The van der Waals surface area contributed by atoms with E-state index in [-0.39, 0.29) is 41.8 Å². The summed E-state index contributed by atoms with van der Waals surface area (Å²) < 4.78 is 11.6. The van der Waals surface area contributed by atoms with E-state index in [0.29, 0.717) is 11.5 Å². The standard InChI is InChI=1S/C34H54O5/c1-10-26-15-16-28-24(12-11-17-33(26,28)9)13-14-25-18-34(37,21-29(35)23(25)2)38-22-30(36)39-27(19-31(3,4)5)20-32(6,7)8/h13-15,27-29,35,37H,2,10-12,16-22H2,1,3-9H3/t28-,29?,33+,34-/m0/s1. The number of rotatable bonds is 8. The monoisotopic (exact) mass is 542 g/mol. The Morgan fingerprint density at radius 1 is 1.18 bits per heavy atom. The summed E-state index contributed by atoms with van der Waals surface area (Å²) in [6, 6.07) is 0. The van der Waals surface area contributed by atoms with Gasteiger partial charge in [-0.15, -0.1) is 0 Å². The Kier molecular flexibility index (Phi) is 9.83. The minimum absolute atomic E-state index is 0.0136. The van der Waals surface area contributed by atoms with Gasteiger partial charge in [0.1, 0.15) is 12.7 Å². The molecule has 0 aromatic carbocycles. The van der Waals surface area contributed by atoms with Gasteiger partial charge in [-0.25, -0.2) is 4.79 Å². The Morgan fingerprint density at radius 2 is 1.82 bits per heavy atom. The highest BCUT2D eigenvalue weighted by Crippen LogP contribution is 2.55. The number of carbonyl (C=O) groups is 1. The Bertz CT molecular complexity index is 988. The highest BCUT2D eigenvalue weighted by molar-refractivity contribution is 5.71. The average Bonchev–Trinajstić information content (AvgIpc) is 3.13. The fourth-order valence-electron chi connectivity index (χ4n) is 7.00. The third kappa shape index (κ3) is 8.41. The van der Waals surface area contributed by atoms with E-state index >= 15 is 0 Å². The lowest BCUT2D eigenvalue weighted by Gasteiger charge is -2.41. The van der Waals surface area contributed by atoms with Crippen molar-refractivity contribution in [1.29, 1.82) is 0 Å².